The zero-order valence-electron chi connectivity index (χ0n) is 16.8. The molecule has 156 valence electrons. The monoisotopic (exact) mass is 442 g/mol. The van der Waals surface area contributed by atoms with Crippen molar-refractivity contribution in [1.29, 1.82) is 0 Å². The summed E-state index contributed by atoms with van der Waals surface area (Å²) in [7, 11) is 0. The third kappa shape index (κ3) is 4.63. The van der Waals surface area contributed by atoms with Gasteiger partial charge >= 0.3 is 0 Å². The number of aromatic nitrogens is 2. The van der Waals surface area contributed by atoms with E-state index in [9.17, 15) is 9.59 Å². The molecule has 0 bridgehead atoms. The molecule has 0 saturated carbocycles. The van der Waals surface area contributed by atoms with Crippen LogP contribution in [0.2, 0.25) is 5.02 Å². The molecule has 0 N–H and O–H groups in total. The number of amides is 2. The van der Waals surface area contributed by atoms with Crippen LogP contribution in [0.5, 0.6) is 0 Å². The first-order chi connectivity index (χ1) is 14.5. The van der Waals surface area contributed by atoms with E-state index in [4.69, 9.17) is 16.6 Å². The molecule has 1 fully saturated rings. The second-order valence-electron chi connectivity index (χ2n) is 7.27. The lowest BCUT2D eigenvalue weighted by molar-refractivity contribution is -0.136. The third-order valence-electron chi connectivity index (χ3n) is 5.26. The van der Waals surface area contributed by atoms with Crippen LogP contribution in [0, 0.1) is 0 Å². The van der Waals surface area contributed by atoms with Gasteiger partial charge in [0.1, 0.15) is 0 Å². The molecule has 0 spiro atoms. The number of benzene rings is 2. The Hall–Kier alpha value is -2.51. The topological polar surface area (TPSA) is 58.4 Å². The van der Waals surface area contributed by atoms with Crippen molar-refractivity contribution in [3.05, 3.63) is 59.1 Å². The van der Waals surface area contributed by atoms with Gasteiger partial charge in [-0.15, -0.1) is 0 Å². The summed E-state index contributed by atoms with van der Waals surface area (Å²) in [6.45, 7) is 4.58. The molecule has 1 saturated heterocycles. The fraction of sp³-hybridized carbons (Fsp3) is 0.318. The van der Waals surface area contributed by atoms with Gasteiger partial charge in [0.05, 0.1) is 23.3 Å². The molecular formula is C22H23ClN4O2S. The number of rotatable bonds is 5. The van der Waals surface area contributed by atoms with Crippen LogP contribution >= 0.6 is 23.4 Å². The van der Waals surface area contributed by atoms with Gasteiger partial charge in [0.2, 0.25) is 11.8 Å². The fourth-order valence-corrected chi connectivity index (χ4v) is 4.68. The lowest BCUT2D eigenvalue weighted by Crippen LogP contribution is -2.50. The standard InChI is InChI=1S/C22H23ClN4O2S/c1-16(28)25-9-11-26(12-10-25)21(29)15-30-22-24-19-13-18(23)7-8-20(19)27(22)14-17-5-3-2-4-6-17/h2-8,13H,9-12,14-15H2,1H3. The summed E-state index contributed by atoms with van der Waals surface area (Å²) in [5.41, 5.74) is 2.98. The van der Waals surface area contributed by atoms with E-state index in [2.05, 4.69) is 16.7 Å². The Labute approximate surface area is 184 Å². The molecule has 30 heavy (non-hydrogen) atoms. The molecule has 2 heterocycles. The highest BCUT2D eigenvalue weighted by Crippen LogP contribution is 2.27. The van der Waals surface area contributed by atoms with Crippen molar-refractivity contribution in [2.24, 2.45) is 0 Å². The minimum atomic E-state index is 0.0600. The Morgan fingerprint density at radius 1 is 1.03 bits per heavy atom. The summed E-state index contributed by atoms with van der Waals surface area (Å²) >= 11 is 7.60. The van der Waals surface area contributed by atoms with E-state index in [1.165, 1.54) is 17.3 Å². The molecule has 0 radical (unpaired) electrons. The molecule has 2 aromatic carbocycles. The van der Waals surface area contributed by atoms with Gasteiger partial charge in [0.15, 0.2) is 5.16 Å². The molecule has 4 rings (SSSR count). The van der Waals surface area contributed by atoms with Crippen LogP contribution in [0.1, 0.15) is 12.5 Å². The Balaban J connectivity index is 1.50. The molecule has 8 heteroatoms. The first-order valence-electron chi connectivity index (χ1n) is 9.87. The second-order valence-corrected chi connectivity index (χ2v) is 8.65. The SMILES string of the molecule is CC(=O)N1CCN(C(=O)CSc2nc3cc(Cl)ccc3n2Cc2ccccc2)CC1. The van der Waals surface area contributed by atoms with Crippen LogP contribution in [0.15, 0.2) is 53.7 Å². The van der Waals surface area contributed by atoms with Crippen LogP contribution in [-0.4, -0.2) is 63.1 Å². The largest absolute Gasteiger partial charge is 0.339 e. The van der Waals surface area contributed by atoms with E-state index in [-0.39, 0.29) is 11.8 Å². The fourth-order valence-electron chi connectivity index (χ4n) is 3.60. The number of carbonyl (C=O) groups excluding carboxylic acids is 2. The Bertz CT molecular complexity index is 1060. The van der Waals surface area contributed by atoms with E-state index >= 15 is 0 Å². The summed E-state index contributed by atoms with van der Waals surface area (Å²) in [5.74, 6) is 0.440. The molecule has 0 atom stereocenters. The first-order valence-corrected chi connectivity index (χ1v) is 11.2. The van der Waals surface area contributed by atoms with Gasteiger partial charge in [0.25, 0.3) is 0 Å². The Morgan fingerprint density at radius 2 is 1.73 bits per heavy atom. The predicted octanol–water partition coefficient (Wildman–Crippen LogP) is 3.52. The van der Waals surface area contributed by atoms with Crippen molar-refractivity contribution in [2.45, 2.75) is 18.6 Å². The van der Waals surface area contributed by atoms with Crippen LogP contribution in [0.25, 0.3) is 11.0 Å². The van der Waals surface area contributed by atoms with Crippen molar-refractivity contribution < 1.29 is 9.59 Å². The number of fused-ring (bicyclic) bond motifs is 1. The molecule has 2 amide bonds. The van der Waals surface area contributed by atoms with E-state index in [0.29, 0.717) is 43.5 Å². The maximum atomic E-state index is 12.7. The number of halogens is 1. The lowest BCUT2D eigenvalue weighted by atomic mass is 10.2. The maximum Gasteiger partial charge on any atom is 0.233 e. The average Bonchev–Trinajstić information content (AvgIpc) is 3.09. The van der Waals surface area contributed by atoms with Gasteiger partial charge in [-0.2, -0.15) is 0 Å². The van der Waals surface area contributed by atoms with Gasteiger partial charge in [-0.3, -0.25) is 9.59 Å². The third-order valence-corrected chi connectivity index (χ3v) is 6.46. The van der Waals surface area contributed by atoms with Gasteiger partial charge in [0, 0.05) is 38.1 Å². The summed E-state index contributed by atoms with van der Waals surface area (Å²) in [6, 6.07) is 15.9. The second kappa shape index (κ2) is 9.10. The maximum absolute atomic E-state index is 12.7. The van der Waals surface area contributed by atoms with Crippen LogP contribution in [-0.2, 0) is 16.1 Å². The number of imidazole rings is 1. The van der Waals surface area contributed by atoms with E-state index in [1.807, 2.05) is 41.3 Å². The summed E-state index contributed by atoms with van der Waals surface area (Å²) in [6.07, 6.45) is 0. The molecule has 0 unspecified atom stereocenters. The van der Waals surface area contributed by atoms with Crippen LogP contribution in [0.3, 0.4) is 0 Å². The van der Waals surface area contributed by atoms with Crippen molar-refractivity contribution >= 4 is 46.2 Å². The minimum Gasteiger partial charge on any atom is -0.339 e. The quantitative estimate of drug-likeness (QED) is 0.567. The van der Waals surface area contributed by atoms with Crippen molar-refractivity contribution in [3.8, 4) is 0 Å². The molecule has 0 aliphatic carbocycles. The number of piperazine rings is 1. The highest BCUT2D eigenvalue weighted by Gasteiger charge is 2.23. The van der Waals surface area contributed by atoms with Crippen LogP contribution in [0.4, 0.5) is 0 Å². The summed E-state index contributed by atoms with van der Waals surface area (Å²) < 4.78 is 2.13. The number of hydrogen-bond acceptors (Lipinski definition) is 4. The predicted molar refractivity (Wildman–Crippen MR) is 120 cm³/mol. The molecule has 6 nitrogen and oxygen atoms in total. The molecule has 1 aromatic heterocycles. The normalized spacial score (nSPS) is 14.3. The highest BCUT2D eigenvalue weighted by atomic mass is 35.5. The minimum absolute atomic E-state index is 0.0600. The first kappa shape index (κ1) is 20.8. The zero-order valence-corrected chi connectivity index (χ0v) is 18.3. The van der Waals surface area contributed by atoms with E-state index in [1.54, 1.807) is 11.8 Å². The smallest absolute Gasteiger partial charge is 0.233 e. The van der Waals surface area contributed by atoms with Crippen molar-refractivity contribution in [3.63, 3.8) is 0 Å². The Morgan fingerprint density at radius 3 is 2.43 bits per heavy atom. The lowest BCUT2D eigenvalue weighted by Gasteiger charge is -2.34. The number of carbonyl (C=O) groups is 2. The number of nitrogens with zero attached hydrogens (tertiary/aromatic N) is 4. The summed E-state index contributed by atoms with van der Waals surface area (Å²) in [4.78, 5) is 32.6. The van der Waals surface area contributed by atoms with E-state index < -0.39 is 0 Å². The van der Waals surface area contributed by atoms with Gasteiger partial charge < -0.3 is 14.4 Å². The van der Waals surface area contributed by atoms with Gasteiger partial charge in [-0.1, -0.05) is 53.7 Å². The van der Waals surface area contributed by atoms with Crippen molar-refractivity contribution in [2.75, 3.05) is 31.9 Å². The van der Waals surface area contributed by atoms with E-state index in [0.717, 1.165) is 16.2 Å². The number of thioether (sulfide) groups is 1. The van der Waals surface area contributed by atoms with Crippen molar-refractivity contribution in [1.82, 2.24) is 19.4 Å². The van der Waals surface area contributed by atoms with Gasteiger partial charge in [-0.05, 0) is 23.8 Å². The average molecular weight is 443 g/mol. The van der Waals surface area contributed by atoms with Crippen LogP contribution < -0.4 is 0 Å². The number of hydrogen-bond donors (Lipinski definition) is 0. The zero-order chi connectivity index (χ0) is 21.1. The van der Waals surface area contributed by atoms with Gasteiger partial charge in [-0.25, -0.2) is 4.98 Å². The highest BCUT2D eigenvalue weighted by molar-refractivity contribution is 7.99. The Kier molecular flexibility index (Phi) is 6.29. The molecule has 3 aromatic rings. The molecular weight excluding hydrogens is 420 g/mol. The molecule has 1 aliphatic heterocycles. The summed E-state index contributed by atoms with van der Waals surface area (Å²) in [5, 5.41) is 1.44. The molecule has 1 aliphatic rings.